The van der Waals surface area contributed by atoms with Gasteiger partial charge in [-0.3, -0.25) is 9.59 Å². The number of Topliss-reactive ketones (excluding diaryl/α,β-unsaturated/α-hetero) is 1. The summed E-state index contributed by atoms with van der Waals surface area (Å²) in [4.78, 5) is 35.0. The van der Waals surface area contributed by atoms with Crippen LogP contribution in [0.1, 0.15) is 34.1 Å². The Morgan fingerprint density at radius 1 is 1.04 bits per heavy atom. The van der Waals surface area contributed by atoms with E-state index in [1.807, 2.05) is 0 Å². The summed E-state index contributed by atoms with van der Waals surface area (Å²) in [5.74, 6) is -1.17. The zero-order valence-corrected chi connectivity index (χ0v) is 13.0. The van der Waals surface area contributed by atoms with Crippen LogP contribution >= 0.6 is 0 Å². The summed E-state index contributed by atoms with van der Waals surface area (Å²) >= 11 is 0. The molecule has 0 atom stereocenters. The van der Waals surface area contributed by atoms with Crippen molar-refractivity contribution in [2.24, 2.45) is 0 Å². The number of hydrogen-bond acceptors (Lipinski definition) is 5. The summed E-state index contributed by atoms with van der Waals surface area (Å²) in [5, 5.41) is 13.6. The number of esters is 1. The summed E-state index contributed by atoms with van der Waals surface area (Å²) in [6, 6.07) is 8.92. The van der Waals surface area contributed by atoms with Crippen LogP contribution in [0, 0.1) is 5.21 Å². The number of carbonyl (C=O) groups excluding carboxylic acids is 3. The number of hydrogen-bond donors (Lipinski definition) is 1. The van der Waals surface area contributed by atoms with E-state index in [4.69, 9.17) is 4.74 Å². The van der Waals surface area contributed by atoms with Crippen LogP contribution in [-0.2, 0) is 9.53 Å². The Kier molecular flexibility index (Phi) is 5.62. The molecule has 7 heteroatoms. The fraction of sp³-hybridized carbons (Fsp3) is 0.176. The lowest BCUT2D eigenvalue weighted by Crippen LogP contribution is -2.24. The molecule has 0 fully saturated rings. The molecule has 0 saturated carbocycles. The van der Waals surface area contributed by atoms with Crippen molar-refractivity contribution in [1.29, 1.82) is 0 Å². The van der Waals surface area contributed by atoms with Crippen LogP contribution in [0.25, 0.3) is 0 Å². The Hall–Kier alpha value is -3.22. The maximum atomic E-state index is 12.0. The third-order valence-electron chi connectivity index (χ3n) is 3.18. The van der Waals surface area contributed by atoms with Crippen molar-refractivity contribution in [1.82, 2.24) is 0 Å². The highest BCUT2D eigenvalue weighted by Crippen LogP contribution is 2.11. The van der Waals surface area contributed by atoms with E-state index in [1.165, 1.54) is 24.5 Å². The van der Waals surface area contributed by atoms with Crippen molar-refractivity contribution in [3.05, 3.63) is 65.1 Å². The normalized spacial score (nSPS) is 10.0. The van der Waals surface area contributed by atoms with E-state index in [2.05, 4.69) is 5.32 Å². The minimum absolute atomic E-state index is 0.120. The van der Waals surface area contributed by atoms with Gasteiger partial charge in [-0.05, 0) is 24.3 Å². The van der Waals surface area contributed by atoms with Crippen molar-refractivity contribution in [2.45, 2.75) is 13.3 Å². The van der Waals surface area contributed by atoms with Gasteiger partial charge in [0.15, 0.2) is 24.8 Å². The number of rotatable bonds is 6. The lowest BCUT2D eigenvalue weighted by Gasteiger charge is -2.06. The average Bonchev–Trinajstić information content (AvgIpc) is 2.60. The van der Waals surface area contributed by atoms with Gasteiger partial charge in [0.1, 0.15) is 0 Å². The molecule has 0 radical (unpaired) electrons. The number of anilines is 1. The smallest absolute Gasteiger partial charge is 0.339 e. The van der Waals surface area contributed by atoms with Gasteiger partial charge >= 0.3 is 5.97 Å². The molecular weight excluding hydrogens is 312 g/mol. The van der Waals surface area contributed by atoms with Gasteiger partial charge in [-0.2, -0.15) is 4.73 Å². The highest BCUT2D eigenvalue weighted by Gasteiger charge is 2.12. The topological polar surface area (TPSA) is 99.4 Å². The first-order chi connectivity index (χ1) is 11.5. The zero-order valence-electron chi connectivity index (χ0n) is 13.0. The van der Waals surface area contributed by atoms with Gasteiger partial charge in [-0.1, -0.05) is 6.92 Å². The van der Waals surface area contributed by atoms with E-state index in [-0.39, 0.29) is 17.3 Å². The molecular formula is C17H16N2O5. The highest BCUT2D eigenvalue weighted by molar-refractivity contribution is 6.00. The van der Waals surface area contributed by atoms with Gasteiger partial charge < -0.3 is 15.3 Å². The SMILES string of the molecule is CCC(=O)Nc1ccc(C(=O)COC(=O)c2cc[n+]([O-])cc2)cc1. The van der Waals surface area contributed by atoms with E-state index < -0.39 is 12.6 Å². The standard InChI is InChI=1S/C17H16N2O5/c1-2-16(21)18-14-5-3-12(4-6-14)15(20)11-24-17(22)13-7-9-19(23)10-8-13/h3-10H,2,11H2,1H3,(H,18,21). The Balaban J connectivity index is 1.91. The van der Waals surface area contributed by atoms with Crippen molar-refractivity contribution in [2.75, 3.05) is 11.9 Å². The third-order valence-corrected chi connectivity index (χ3v) is 3.18. The second-order valence-corrected chi connectivity index (χ2v) is 4.93. The minimum Gasteiger partial charge on any atom is -0.619 e. The molecule has 1 aromatic heterocycles. The number of amides is 1. The van der Waals surface area contributed by atoms with Crippen LogP contribution < -0.4 is 10.0 Å². The van der Waals surface area contributed by atoms with Crippen LogP contribution in [-0.4, -0.2) is 24.3 Å². The van der Waals surface area contributed by atoms with Gasteiger partial charge in [0.05, 0.1) is 5.56 Å². The summed E-state index contributed by atoms with van der Waals surface area (Å²) in [5.41, 5.74) is 1.14. The number of ether oxygens (including phenoxy) is 1. The maximum Gasteiger partial charge on any atom is 0.339 e. The molecule has 0 aliphatic rings. The number of aromatic nitrogens is 1. The van der Waals surface area contributed by atoms with Gasteiger partial charge in [0.2, 0.25) is 5.91 Å². The maximum absolute atomic E-state index is 12.0. The highest BCUT2D eigenvalue weighted by atomic mass is 16.5. The summed E-state index contributed by atoms with van der Waals surface area (Å²) < 4.78 is 5.47. The predicted octanol–water partition coefficient (Wildman–Crippen LogP) is 1.71. The zero-order chi connectivity index (χ0) is 17.5. The van der Waals surface area contributed by atoms with Crippen LogP contribution in [0.2, 0.25) is 0 Å². The lowest BCUT2D eigenvalue weighted by molar-refractivity contribution is -0.605. The lowest BCUT2D eigenvalue weighted by atomic mass is 10.1. The molecule has 24 heavy (non-hydrogen) atoms. The number of benzene rings is 1. The Morgan fingerprint density at radius 3 is 2.25 bits per heavy atom. The van der Waals surface area contributed by atoms with Gasteiger partial charge in [-0.15, -0.1) is 0 Å². The van der Waals surface area contributed by atoms with Crippen LogP contribution in [0.3, 0.4) is 0 Å². The summed E-state index contributed by atoms with van der Waals surface area (Å²) in [7, 11) is 0. The van der Waals surface area contributed by atoms with Gasteiger partial charge in [0, 0.05) is 29.8 Å². The molecule has 0 saturated heterocycles. The van der Waals surface area contributed by atoms with Crippen LogP contribution in [0.5, 0.6) is 0 Å². The van der Waals surface area contributed by atoms with Crippen LogP contribution in [0.4, 0.5) is 5.69 Å². The molecule has 2 rings (SSSR count). The second kappa shape index (κ2) is 7.87. The van der Waals surface area contributed by atoms with Crippen molar-refractivity contribution >= 4 is 23.3 Å². The minimum atomic E-state index is -0.684. The first kappa shape index (κ1) is 17.1. The monoisotopic (exact) mass is 328 g/mol. The molecule has 2 aromatic rings. The Labute approximate surface area is 138 Å². The van der Waals surface area contributed by atoms with Crippen molar-refractivity contribution in [3.8, 4) is 0 Å². The number of nitrogens with zero attached hydrogens (tertiary/aromatic N) is 1. The predicted molar refractivity (Wildman–Crippen MR) is 85.4 cm³/mol. The van der Waals surface area contributed by atoms with Gasteiger partial charge in [-0.25, -0.2) is 4.79 Å². The third kappa shape index (κ3) is 4.64. The number of ketones is 1. The average molecular weight is 328 g/mol. The number of carbonyl (C=O) groups is 3. The number of nitrogens with one attached hydrogen (secondary N) is 1. The van der Waals surface area contributed by atoms with E-state index >= 15 is 0 Å². The molecule has 0 spiro atoms. The quantitative estimate of drug-likeness (QED) is 0.377. The molecule has 1 amide bonds. The molecule has 1 N–H and O–H groups in total. The van der Waals surface area contributed by atoms with E-state index in [0.717, 1.165) is 0 Å². The molecule has 1 aromatic carbocycles. The molecule has 7 nitrogen and oxygen atoms in total. The first-order valence-corrected chi connectivity index (χ1v) is 7.28. The molecule has 0 bridgehead atoms. The fourth-order valence-corrected chi connectivity index (χ4v) is 1.84. The van der Waals surface area contributed by atoms with Gasteiger partial charge in [0.25, 0.3) is 0 Å². The van der Waals surface area contributed by atoms with E-state index in [9.17, 15) is 19.6 Å². The van der Waals surface area contributed by atoms with E-state index in [0.29, 0.717) is 22.4 Å². The van der Waals surface area contributed by atoms with Crippen molar-refractivity contribution < 1.29 is 23.9 Å². The Bertz CT molecular complexity index is 739. The Morgan fingerprint density at radius 2 is 1.67 bits per heavy atom. The number of pyridine rings is 1. The molecule has 1 heterocycles. The summed E-state index contributed by atoms with van der Waals surface area (Å²) in [6.07, 6.45) is 2.70. The molecule has 0 aliphatic heterocycles. The first-order valence-electron chi connectivity index (χ1n) is 7.28. The van der Waals surface area contributed by atoms with Crippen LogP contribution in [0.15, 0.2) is 48.8 Å². The fourth-order valence-electron chi connectivity index (χ4n) is 1.84. The van der Waals surface area contributed by atoms with Crippen molar-refractivity contribution in [3.63, 3.8) is 0 Å². The molecule has 0 unspecified atom stereocenters. The molecule has 0 aliphatic carbocycles. The largest absolute Gasteiger partial charge is 0.619 e. The summed E-state index contributed by atoms with van der Waals surface area (Å²) in [6.45, 7) is 1.33. The molecule has 124 valence electrons. The van der Waals surface area contributed by atoms with E-state index in [1.54, 1.807) is 31.2 Å². The second-order valence-electron chi connectivity index (χ2n) is 4.93.